The average Bonchev–Trinajstić information content (AvgIpc) is 2.22. The molecule has 0 unspecified atom stereocenters. The Hall–Kier alpha value is -0.650. The van der Waals surface area contributed by atoms with Crippen molar-refractivity contribution in [1.29, 1.82) is 0 Å². The lowest BCUT2D eigenvalue weighted by atomic mass is 9.81. The van der Waals surface area contributed by atoms with E-state index >= 15 is 0 Å². The first-order valence-corrected chi connectivity index (χ1v) is 5.80. The molecular formula is C14H26B2. The summed E-state index contributed by atoms with van der Waals surface area (Å²) in [6.45, 7) is 13.0. The van der Waals surface area contributed by atoms with Gasteiger partial charge in [-0.3, -0.25) is 0 Å². The maximum atomic E-state index is 4.00. The van der Waals surface area contributed by atoms with Gasteiger partial charge in [0.05, 0.1) is 0 Å². The van der Waals surface area contributed by atoms with Gasteiger partial charge in [-0.25, -0.2) is 0 Å². The van der Waals surface area contributed by atoms with E-state index in [1.165, 1.54) is 0 Å². The van der Waals surface area contributed by atoms with E-state index in [0.717, 1.165) is 11.8 Å². The van der Waals surface area contributed by atoms with Crippen LogP contribution in [0.15, 0.2) is 36.4 Å². The quantitative estimate of drug-likeness (QED) is 0.568. The third-order valence-electron chi connectivity index (χ3n) is 0.667. The molecule has 0 aliphatic carbocycles. The topological polar surface area (TPSA) is 0 Å². The van der Waals surface area contributed by atoms with Crippen LogP contribution in [0.1, 0.15) is 41.5 Å². The van der Waals surface area contributed by atoms with Gasteiger partial charge >= 0.3 is 0 Å². The normalized spacial score (nSPS) is 7.75. The second-order valence-electron chi connectivity index (χ2n) is 4.62. The third kappa shape index (κ3) is 71.1. The summed E-state index contributed by atoms with van der Waals surface area (Å²) in [4.78, 5) is 0. The molecule has 16 heavy (non-hydrogen) atoms. The van der Waals surface area contributed by atoms with Crippen LogP contribution < -0.4 is 0 Å². The molecule has 0 saturated heterocycles. The molecule has 0 aliphatic rings. The van der Waals surface area contributed by atoms with Crippen molar-refractivity contribution in [3.05, 3.63) is 36.4 Å². The highest BCUT2D eigenvalue weighted by atomic mass is 13.7. The van der Waals surface area contributed by atoms with Gasteiger partial charge in [0, 0.05) is 15.5 Å². The van der Waals surface area contributed by atoms with E-state index in [2.05, 4.69) is 57.0 Å². The summed E-state index contributed by atoms with van der Waals surface area (Å²) in [7, 11) is 8.00. The van der Waals surface area contributed by atoms with Gasteiger partial charge in [0.1, 0.15) is 0 Å². The average molecular weight is 216 g/mol. The fourth-order valence-electron chi connectivity index (χ4n) is 0.385. The van der Waals surface area contributed by atoms with E-state index in [0.29, 0.717) is 0 Å². The van der Waals surface area contributed by atoms with Crippen LogP contribution in [0.4, 0.5) is 0 Å². The van der Waals surface area contributed by atoms with E-state index in [9.17, 15) is 0 Å². The molecule has 0 N–H and O–H groups in total. The molecule has 0 saturated carbocycles. The molecule has 0 heterocycles. The second kappa shape index (κ2) is 19.9. The van der Waals surface area contributed by atoms with Gasteiger partial charge < -0.3 is 0 Å². The first kappa shape index (κ1) is 20.7. The van der Waals surface area contributed by atoms with Crippen LogP contribution in [-0.4, -0.2) is 15.5 Å². The highest BCUT2D eigenvalue weighted by molar-refractivity contribution is 6.75. The molecule has 0 atom stereocenters. The Balaban J connectivity index is -0.000000152. The minimum absolute atomic E-state index is 0.833. The first-order valence-electron chi connectivity index (χ1n) is 5.80. The van der Waals surface area contributed by atoms with Gasteiger partial charge in [-0.15, -0.1) is 0 Å². The van der Waals surface area contributed by atoms with Gasteiger partial charge in [-0.2, -0.15) is 0 Å². The monoisotopic (exact) mass is 216 g/mol. The van der Waals surface area contributed by atoms with Crippen molar-refractivity contribution >= 4 is 15.5 Å². The predicted molar refractivity (Wildman–Crippen MR) is 79.0 cm³/mol. The van der Waals surface area contributed by atoms with Crippen LogP contribution in [0.3, 0.4) is 0 Å². The molecule has 2 heteroatoms. The summed E-state index contributed by atoms with van der Waals surface area (Å²) in [6, 6.07) is 12.0. The van der Waals surface area contributed by atoms with Gasteiger partial charge in [0.15, 0.2) is 0 Å². The summed E-state index contributed by atoms with van der Waals surface area (Å²) in [5, 5.41) is 0. The van der Waals surface area contributed by atoms with Crippen LogP contribution in [-0.2, 0) is 0 Å². The lowest BCUT2D eigenvalue weighted by Crippen LogP contribution is -1.66. The highest BCUT2D eigenvalue weighted by Gasteiger charge is 1.68. The third-order valence-corrected chi connectivity index (χ3v) is 0.667. The summed E-state index contributed by atoms with van der Waals surface area (Å²) in [5.74, 6) is 1.67. The van der Waals surface area contributed by atoms with Crippen molar-refractivity contribution in [2.75, 3.05) is 0 Å². The van der Waals surface area contributed by atoms with Crippen molar-refractivity contribution in [2.24, 2.45) is 11.8 Å². The van der Waals surface area contributed by atoms with Crippen molar-refractivity contribution < 1.29 is 0 Å². The zero-order valence-corrected chi connectivity index (χ0v) is 11.8. The molecule has 0 nitrogen and oxygen atoms in total. The predicted octanol–water partition coefficient (Wildman–Crippen LogP) is 4.25. The van der Waals surface area contributed by atoms with Crippen molar-refractivity contribution in [3.8, 4) is 0 Å². The second-order valence-corrected chi connectivity index (χ2v) is 4.62. The molecule has 88 valence electrons. The van der Waals surface area contributed by atoms with Gasteiger partial charge in [0.2, 0.25) is 0 Å². The molecule has 0 fully saturated rings. The zero-order valence-electron chi connectivity index (χ0n) is 11.8. The SMILES string of the molecule is CC(C)C.CC(C)C.[B][B].c1ccccc1. The molecule has 4 radical (unpaired) electrons. The number of hydrogen-bond donors (Lipinski definition) is 0. The van der Waals surface area contributed by atoms with Crippen molar-refractivity contribution in [2.45, 2.75) is 41.5 Å². The standard InChI is InChI=1S/C6H6.2C4H10.B2/c1-2-4-6-5-3-1;2*1-4(2)3;1-2/h1-6H;2*4H,1-3H3;. The molecule has 0 spiro atoms. The summed E-state index contributed by atoms with van der Waals surface area (Å²) >= 11 is 0. The Kier molecular flexibility index (Phi) is 25.7. The number of hydrogen-bond acceptors (Lipinski definition) is 0. The lowest BCUT2D eigenvalue weighted by Gasteiger charge is -1.79. The first-order chi connectivity index (χ1) is 7.46. The van der Waals surface area contributed by atoms with E-state index in [4.69, 9.17) is 0 Å². The van der Waals surface area contributed by atoms with Crippen LogP contribution in [0.2, 0.25) is 0 Å². The van der Waals surface area contributed by atoms with Gasteiger partial charge in [-0.05, 0) is 11.8 Å². The highest BCUT2D eigenvalue weighted by Crippen LogP contribution is 1.81. The fourth-order valence-corrected chi connectivity index (χ4v) is 0.385. The largest absolute Gasteiger partial charge is 0.0630 e. The van der Waals surface area contributed by atoms with Crippen LogP contribution in [0, 0.1) is 11.8 Å². The lowest BCUT2D eigenvalue weighted by molar-refractivity contribution is 0.736. The molecule has 0 aromatic heterocycles. The summed E-state index contributed by atoms with van der Waals surface area (Å²) < 4.78 is 0. The van der Waals surface area contributed by atoms with Crippen molar-refractivity contribution in [1.82, 2.24) is 0 Å². The molecule has 1 rings (SSSR count). The summed E-state index contributed by atoms with van der Waals surface area (Å²) in [6.07, 6.45) is 0. The Morgan fingerprint density at radius 3 is 0.625 bits per heavy atom. The molecular weight excluding hydrogens is 190 g/mol. The Bertz CT molecular complexity index is 133. The Morgan fingerprint density at radius 2 is 0.562 bits per heavy atom. The smallest absolute Gasteiger partial charge is 0 e. The van der Waals surface area contributed by atoms with Crippen LogP contribution >= 0.6 is 0 Å². The molecule has 1 aromatic carbocycles. The summed E-state index contributed by atoms with van der Waals surface area (Å²) in [5.41, 5.74) is 0. The minimum atomic E-state index is 0.833. The molecule has 0 bridgehead atoms. The van der Waals surface area contributed by atoms with Crippen molar-refractivity contribution in [3.63, 3.8) is 0 Å². The maximum absolute atomic E-state index is 4.00. The number of rotatable bonds is 0. The number of benzene rings is 1. The zero-order chi connectivity index (χ0) is 13.4. The van der Waals surface area contributed by atoms with Gasteiger partial charge in [-0.1, -0.05) is 77.9 Å². The minimum Gasteiger partial charge on any atom is -0.0630 e. The van der Waals surface area contributed by atoms with E-state index in [-0.39, 0.29) is 0 Å². The molecule has 1 aromatic rings. The van der Waals surface area contributed by atoms with Crippen LogP contribution in [0.5, 0.6) is 0 Å². The maximum Gasteiger partial charge on any atom is 0 e. The van der Waals surface area contributed by atoms with E-state index < -0.39 is 0 Å². The Labute approximate surface area is 106 Å². The van der Waals surface area contributed by atoms with Crippen LogP contribution in [0.25, 0.3) is 0 Å². The molecule has 0 aliphatic heterocycles. The van der Waals surface area contributed by atoms with Gasteiger partial charge in [0.25, 0.3) is 0 Å². The Morgan fingerprint density at radius 1 is 0.500 bits per heavy atom. The van der Waals surface area contributed by atoms with E-state index in [1.807, 2.05) is 36.4 Å². The van der Waals surface area contributed by atoms with E-state index in [1.54, 1.807) is 0 Å². The fraction of sp³-hybridized carbons (Fsp3) is 0.571. The molecule has 0 amide bonds.